The first-order valence-electron chi connectivity index (χ1n) is 4.74. The zero-order chi connectivity index (χ0) is 10.3. The molecule has 0 unspecified atom stereocenters. The molecule has 0 bridgehead atoms. The second-order valence-corrected chi connectivity index (χ2v) is 3.49. The normalized spacial score (nSPS) is 13.1. The Hall–Kier alpha value is -1.97. The highest BCUT2D eigenvalue weighted by molar-refractivity contribution is 5.68. The van der Waals surface area contributed by atoms with Gasteiger partial charge >= 0.3 is 0 Å². The molecule has 4 heteroatoms. The predicted molar refractivity (Wildman–Crippen MR) is 54.9 cm³/mol. The number of rotatable bonds is 1. The number of ether oxygens (including phenoxy) is 2. The van der Waals surface area contributed by atoms with E-state index in [0.29, 0.717) is 6.79 Å². The highest BCUT2D eigenvalue weighted by Gasteiger charge is 2.16. The zero-order valence-corrected chi connectivity index (χ0v) is 8.28. The lowest BCUT2D eigenvalue weighted by Crippen LogP contribution is -1.92. The van der Waals surface area contributed by atoms with Crippen LogP contribution >= 0.6 is 0 Å². The molecule has 1 aromatic heterocycles. The molecule has 0 aliphatic carbocycles. The number of aromatic nitrogens is 2. The van der Waals surface area contributed by atoms with Crippen LogP contribution in [-0.4, -0.2) is 17.0 Å². The van der Waals surface area contributed by atoms with Gasteiger partial charge in [0, 0.05) is 11.8 Å². The number of nitrogens with zero attached hydrogens (tertiary/aromatic N) is 1. The van der Waals surface area contributed by atoms with Gasteiger partial charge in [-0.3, -0.25) is 5.10 Å². The molecule has 76 valence electrons. The van der Waals surface area contributed by atoms with Gasteiger partial charge in [-0.05, 0) is 30.7 Å². The van der Waals surface area contributed by atoms with Crippen molar-refractivity contribution in [1.82, 2.24) is 10.2 Å². The molecule has 0 amide bonds. The van der Waals surface area contributed by atoms with E-state index in [0.717, 1.165) is 28.3 Å². The van der Waals surface area contributed by atoms with E-state index >= 15 is 0 Å². The summed E-state index contributed by atoms with van der Waals surface area (Å²) in [6.45, 7) is 2.35. The molecule has 2 aromatic rings. The Bertz CT molecular complexity index is 492. The third-order valence-electron chi connectivity index (χ3n) is 2.51. The number of hydrogen-bond acceptors (Lipinski definition) is 3. The lowest BCUT2D eigenvalue weighted by atomic mass is 10.1. The van der Waals surface area contributed by atoms with Crippen LogP contribution in [0.4, 0.5) is 0 Å². The van der Waals surface area contributed by atoms with Crippen LogP contribution in [0.5, 0.6) is 11.5 Å². The van der Waals surface area contributed by atoms with Crippen molar-refractivity contribution in [2.24, 2.45) is 0 Å². The Morgan fingerprint density at radius 3 is 2.80 bits per heavy atom. The van der Waals surface area contributed by atoms with Crippen molar-refractivity contribution in [3.63, 3.8) is 0 Å². The van der Waals surface area contributed by atoms with E-state index in [1.165, 1.54) is 0 Å². The summed E-state index contributed by atoms with van der Waals surface area (Å²) in [6, 6.07) is 5.90. The lowest BCUT2D eigenvalue weighted by Gasteiger charge is -2.04. The molecule has 0 atom stereocenters. The fourth-order valence-corrected chi connectivity index (χ4v) is 1.74. The topological polar surface area (TPSA) is 47.1 Å². The molecule has 2 heterocycles. The zero-order valence-electron chi connectivity index (χ0n) is 8.28. The summed E-state index contributed by atoms with van der Waals surface area (Å²) < 4.78 is 10.6. The van der Waals surface area contributed by atoms with Gasteiger partial charge in [0.15, 0.2) is 11.5 Å². The molecule has 1 N–H and O–H groups in total. The maximum absolute atomic E-state index is 5.34. The average Bonchev–Trinajstić information content (AvgIpc) is 2.85. The van der Waals surface area contributed by atoms with E-state index in [4.69, 9.17) is 9.47 Å². The molecule has 0 saturated heterocycles. The molecule has 0 fully saturated rings. The first kappa shape index (κ1) is 8.35. The van der Waals surface area contributed by atoms with Crippen LogP contribution in [-0.2, 0) is 0 Å². The summed E-state index contributed by atoms with van der Waals surface area (Å²) in [5.41, 5.74) is 3.23. The number of benzene rings is 1. The van der Waals surface area contributed by atoms with E-state index in [1.54, 1.807) is 6.20 Å². The summed E-state index contributed by atoms with van der Waals surface area (Å²) in [6.07, 6.45) is 1.74. The third-order valence-corrected chi connectivity index (χ3v) is 2.51. The van der Waals surface area contributed by atoms with Crippen molar-refractivity contribution in [1.29, 1.82) is 0 Å². The third kappa shape index (κ3) is 1.26. The molecule has 1 aliphatic heterocycles. The first-order valence-corrected chi connectivity index (χ1v) is 4.74. The van der Waals surface area contributed by atoms with Crippen molar-refractivity contribution in [2.75, 3.05) is 6.79 Å². The van der Waals surface area contributed by atoms with Gasteiger partial charge in [0.1, 0.15) is 0 Å². The van der Waals surface area contributed by atoms with Crippen LogP contribution in [0.3, 0.4) is 0 Å². The molecule has 0 radical (unpaired) electrons. The standard InChI is InChI=1S/C11H10N2O2/c1-7-4-10-11(15-6-14-10)5-8(7)9-2-3-12-13-9/h2-5H,6H2,1H3,(H,12,13). The fourth-order valence-electron chi connectivity index (χ4n) is 1.74. The van der Waals surface area contributed by atoms with Crippen LogP contribution in [0.2, 0.25) is 0 Å². The minimum absolute atomic E-state index is 0.307. The van der Waals surface area contributed by atoms with Crippen LogP contribution in [0.25, 0.3) is 11.3 Å². The predicted octanol–water partition coefficient (Wildman–Crippen LogP) is 2.11. The number of aromatic amines is 1. The van der Waals surface area contributed by atoms with Gasteiger partial charge in [-0.15, -0.1) is 0 Å². The Kier molecular flexibility index (Phi) is 1.68. The number of H-pyrrole nitrogens is 1. The maximum Gasteiger partial charge on any atom is 0.231 e. The van der Waals surface area contributed by atoms with Crippen molar-refractivity contribution in [2.45, 2.75) is 6.92 Å². The monoisotopic (exact) mass is 202 g/mol. The molecule has 15 heavy (non-hydrogen) atoms. The Labute approximate surface area is 86.8 Å². The SMILES string of the molecule is Cc1cc2c(cc1-c1ccn[nH]1)OCO2. The van der Waals surface area contributed by atoms with E-state index in [9.17, 15) is 0 Å². The van der Waals surface area contributed by atoms with Crippen molar-refractivity contribution < 1.29 is 9.47 Å². The van der Waals surface area contributed by atoms with Gasteiger partial charge in [-0.25, -0.2) is 0 Å². The smallest absolute Gasteiger partial charge is 0.231 e. The summed E-state index contributed by atoms with van der Waals surface area (Å²) >= 11 is 0. The lowest BCUT2D eigenvalue weighted by molar-refractivity contribution is 0.174. The van der Waals surface area contributed by atoms with E-state index < -0.39 is 0 Å². The number of hydrogen-bond donors (Lipinski definition) is 1. The molecular formula is C11H10N2O2. The fraction of sp³-hybridized carbons (Fsp3) is 0.182. The average molecular weight is 202 g/mol. The Morgan fingerprint density at radius 2 is 2.07 bits per heavy atom. The second-order valence-electron chi connectivity index (χ2n) is 3.49. The van der Waals surface area contributed by atoms with Crippen LogP contribution < -0.4 is 9.47 Å². The van der Waals surface area contributed by atoms with E-state index in [1.807, 2.05) is 25.1 Å². The van der Waals surface area contributed by atoms with Gasteiger partial charge in [0.2, 0.25) is 6.79 Å². The Balaban J connectivity index is 2.17. The number of fused-ring (bicyclic) bond motifs is 1. The van der Waals surface area contributed by atoms with Gasteiger partial charge in [0.05, 0.1) is 5.69 Å². The Morgan fingerprint density at radius 1 is 1.27 bits per heavy atom. The molecule has 4 nitrogen and oxygen atoms in total. The highest BCUT2D eigenvalue weighted by Crippen LogP contribution is 2.37. The molecule has 0 saturated carbocycles. The van der Waals surface area contributed by atoms with Gasteiger partial charge in [0.25, 0.3) is 0 Å². The van der Waals surface area contributed by atoms with E-state index in [2.05, 4.69) is 10.2 Å². The summed E-state index contributed by atoms with van der Waals surface area (Å²) in [5.74, 6) is 1.61. The molecule has 0 spiro atoms. The summed E-state index contributed by atoms with van der Waals surface area (Å²) in [4.78, 5) is 0. The minimum atomic E-state index is 0.307. The van der Waals surface area contributed by atoms with Crippen molar-refractivity contribution in [3.05, 3.63) is 30.0 Å². The largest absolute Gasteiger partial charge is 0.454 e. The summed E-state index contributed by atoms with van der Waals surface area (Å²) in [5, 5.41) is 6.88. The second kappa shape index (κ2) is 3.02. The van der Waals surface area contributed by atoms with Crippen molar-refractivity contribution in [3.8, 4) is 22.8 Å². The highest BCUT2D eigenvalue weighted by atomic mass is 16.7. The first-order chi connectivity index (χ1) is 7.34. The van der Waals surface area contributed by atoms with Gasteiger partial charge < -0.3 is 9.47 Å². The van der Waals surface area contributed by atoms with E-state index in [-0.39, 0.29) is 0 Å². The molecule has 3 rings (SSSR count). The van der Waals surface area contributed by atoms with Crippen LogP contribution in [0.1, 0.15) is 5.56 Å². The van der Waals surface area contributed by atoms with Crippen LogP contribution in [0, 0.1) is 6.92 Å². The van der Waals surface area contributed by atoms with Gasteiger partial charge in [-0.1, -0.05) is 0 Å². The minimum Gasteiger partial charge on any atom is -0.454 e. The summed E-state index contributed by atoms with van der Waals surface area (Å²) in [7, 11) is 0. The number of nitrogens with one attached hydrogen (secondary N) is 1. The van der Waals surface area contributed by atoms with Crippen LogP contribution in [0.15, 0.2) is 24.4 Å². The molecule has 1 aliphatic rings. The quantitative estimate of drug-likeness (QED) is 0.770. The molecular weight excluding hydrogens is 192 g/mol. The number of aryl methyl sites for hydroxylation is 1. The van der Waals surface area contributed by atoms with Gasteiger partial charge in [-0.2, -0.15) is 5.10 Å². The molecule has 1 aromatic carbocycles. The maximum atomic E-state index is 5.34. The van der Waals surface area contributed by atoms with Crippen molar-refractivity contribution >= 4 is 0 Å².